The van der Waals surface area contributed by atoms with Crippen molar-refractivity contribution in [3.63, 3.8) is 0 Å². The van der Waals surface area contributed by atoms with Crippen molar-refractivity contribution in [2.45, 2.75) is 27.7 Å². The first-order chi connectivity index (χ1) is 26.1. The van der Waals surface area contributed by atoms with Crippen LogP contribution in [0.2, 0.25) is 0 Å². The molecule has 6 N–H and O–H groups in total. The molecule has 0 spiro atoms. The van der Waals surface area contributed by atoms with E-state index in [1.165, 1.54) is 6.21 Å². The average Bonchev–Trinajstić information content (AvgIpc) is 3.20. The number of aromatic nitrogens is 1. The molecule has 54 heavy (non-hydrogen) atoms. The summed E-state index contributed by atoms with van der Waals surface area (Å²) >= 11 is 0. The lowest BCUT2D eigenvalue weighted by Crippen LogP contribution is -2.09. The zero-order valence-corrected chi connectivity index (χ0v) is 30.8. The Labute approximate surface area is 317 Å². The van der Waals surface area contributed by atoms with Crippen LogP contribution >= 0.6 is 0 Å². The molecule has 0 radical (unpaired) electrons. The fourth-order valence-corrected chi connectivity index (χ4v) is 6.20. The van der Waals surface area contributed by atoms with Gasteiger partial charge >= 0.3 is 0 Å². The van der Waals surface area contributed by atoms with E-state index in [1.54, 1.807) is 18.5 Å². The largest absolute Gasteiger partial charge is 0.402 e. The number of nitrogens with two attached hydrogens (primary N) is 2. The maximum Gasteiger partial charge on any atom is 0.0994 e. The van der Waals surface area contributed by atoms with Gasteiger partial charge in [-0.05, 0) is 109 Å². The van der Waals surface area contributed by atoms with Crippen LogP contribution in [-0.4, -0.2) is 16.9 Å². The number of nitriles is 2. The van der Waals surface area contributed by atoms with Crippen molar-refractivity contribution < 1.29 is 0 Å². The Morgan fingerprint density at radius 2 is 1.30 bits per heavy atom. The highest BCUT2D eigenvalue weighted by Gasteiger charge is 2.14. The van der Waals surface area contributed by atoms with E-state index in [4.69, 9.17) is 27.5 Å². The molecule has 1 aromatic heterocycles. The molecule has 0 aliphatic carbocycles. The molecule has 0 atom stereocenters. The molecule has 0 saturated heterocycles. The summed E-state index contributed by atoms with van der Waals surface area (Å²) < 4.78 is 0. The van der Waals surface area contributed by atoms with Crippen LogP contribution in [0.3, 0.4) is 0 Å². The third-order valence-electron chi connectivity index (χ3n) is 9.29. The van der Waals surface area contributed by atoms with Crippen molar-refractivity contribution in [3.8, 4) is 34.4 Å². The second-order valence-electron chi connectivity index (χ2n) is 12.9. The highest BCUT2D eigenvalue weighted by molar-refractivity contribution is 6.31. The number of allylic oxidation sites excluding steroid dienone is 3. The van der Waals surface area contributed by atoms with Crippen LogP contribution in [0.5, 0.6) is 0 Å². The van der Waals surface area contributed by atoms with Crippen LogP contribution in [0.15, 0.2) is 139 Å². The zero-order chi connectivity index (χ0) is 38.8. The number of nitrogens with one attached hydrogen (secondary N) is 2. The van der Waals surface area contributed by atoms with E-state index in [2.05, 4.69) is 17.1 Å². The Balaban J connectivity index is 0.000000208. The standard InChI is InChI=1S/C24H21N3.C23H20N4/c1-16-5-3-8-22(13-16)24(27)23(17(2)26)20-11-9-19(10-12-20)21-7-4-6-18(14-21)15-25;1-15-16(2)21(8-7-20(15)13-24)17-3-5-18(6-4-17)22(14-25)23(26)19-9-11-27-12-10-19/h3-14,27H,26H2,1-2H3;3-12,14,25H,26H2,1-2H3/b23-17-,27-24?;23-22+,25-14?. The number of rotatable bonds is 8. The monoisotopic (exact) mass is 703 g/mol. The molecule has 5 aromatic carbocycles. The SMILES string of the molecule is C/C(N)=C(/C(=N)c1cccc(C)c1)c1ccc(-c2cccc(C#N)c2)cc1.Cc1c(C#N)ccc(-c2ccc(/C(C=N)=C(/N)c3ccncc3)cc2)c1C. The van der Waals surface area contributed by atoms with Crippen molar-refractivity contribution in [2.24, 2.45) is 11.5 Å². The van der Waals surface area contributed by atoms with E-state index in [-0.39, 0.29) is 0 Å². The molecular weight excluding hydrogens is 663 g/mol. The Hall–Kier alpha value is -7.35. The molecule has 0 amide bonds. The van der Waals surface area contributed by atoms with Crippen molar-refractivity contribution in [1.29, 1.82) is 21.3 Å². The normalized spacial score (nSPS) is 11.4. The molecule has 6 rings (SSSR count). The Bertz CT molecular complexity index is 2470. The van der Waals surface area contributed by atoms with Crippen LogP contribution in [0.1, 0.15) is 57.0 Å². The van der Waals surface area contributed by atoms with E-state index >= 15 is 0 Å². The molecule has 0 bridgehead atoms. The third-order valence-corrected chi connectivity index (χ3v) is 9.29. The highest BCUT2D eigenvalue weighted by Crippen LogP contribution is 2.30. The van der Waals surface area contributed by atoms with Gasteiger partial charge in [0.1, 0.15) is 0 Å². The predicted octanol–water partition coefficient (Wildman–Crippen LogP) is 10.0. The van der Waals surface area contributed by atoms with Crippen molar-refractivity contribution in [2.75, 3.05) is 0 Å². The van der Waals surface area contributed by atoms with Crippen molar-refractivity contribution in [3.05, 3.63) is 189 Å². The van der Waals surface area contributed by atoms with Crippen molar-refractivity contribution in [1.82, 2.24) is 4.98 Å². The van der Waals surface area contributed by atoms with E-state index in [9.17, 15) is 5.26 Å². The second kappa shape index (κ2) is 17.2. The average molecular weight is 704 g/mol. The summed E-state index contributed by atoms with van der Waals surface area (Å²) in [5, 5.41) is 34.7. The number of pyridine rings is 1. The minimum Gasteiger partial charge on any atom is -0.402 e. The highest BCUT2D eigenvalue weighted by atomic mass is 14.6. The van der Waals surface area contributed by atoms with Crippen LogP contribution < -0.4 is 11.5 Å². The van der Waals surface area contributed by atoms with Crippen LogP contribution in [0.4, 0.5) is 0 Å². The second-order valence-corrected chi connectivity index (χ2v) is 12.9. The molecule has 0 aliphatic rings. The van der Waals surface area contributed by atoms with Gasteiger partial charge in [0.15, 0.2) is 0 Å². The molecule has 0 unspecified atom stereocenters. The first-order valence-corrected chi connectivity index (χ1v) is 17.3. The molecular formula is C47H41N7. The lowest BCUT2D eigenvalue weighted by atomic mass is 9.92. The number of benzene rings is 5. The number of hydrogen-bond donors (Lipinski definition) is 4. The molecule has 0 fully saturated rings. The topological polar surface area (TPSA) is 160 Å². The predicted molar refractivity (Wildman–Crippen MR) is 221 cm³/mol. The molecule has 264 valence electrons. The molecule has 7 nitrogen and oxygen atoms in total. The summed E-state index contributed by atoms with van der Waals surface area (Å²) in [5.41, 5.74) is 27.6. The van der Waals surface area contributed by atoms with Crippen LogP contribution in [0, 0.1) is 54.3 Å². The summed E-state index contributed by atoms with van der Waals surface area (Å²) in [6, 6.07) is 43.2. The summed E-state index contributed by atoms with van der Waals surface area (Å²) in [5.74, 6) is 0. The molecule has 1 heterocycles. The van der Waals surface area contributed by atoms with E-state index in [1.807, 2.05) is 143 Å². The van der Waals surface area contributed by atoms with Crippen LogP contribution in [-0.2, 0) is 0 Å². The van der Waals surface area contributed by atoms with Crippen LogP contribution in [0.25, 0.3) is 39.1 Å². The van der Waals surface area contributed by atoms with Gasteiger partial charge in [-0.25, -0.2) is 0 Å². The Morgan fingerprint density at radius 3 is 1.91 bits per heavy atom. The fraction of sp³-hybridized carbons (Fsp3) is 0.0851. The van der Waals surface area contributed by atoms with Crippen molar-refractivity contribution >= 4 is 28.8 Å². The molecule has 6 aromatic rings. The molecule has 7 heteroatoms. The number of hydrogen-bond acceptors (Lipinski definition) is 7. The summed E-state index contributed by atoms with van der Waals surface area (Å²) in [6.45, 7) is 7.84. The summed E-state index contributed by atoms with van der Waals surface area (Å²) in [6.07, 6.45) is 4.65. The Morgan fingerprint density at radius 1 is 0.648 bits per heavy atom. The summed E-state index contributed by atoms with van der Waals surface area (Å²) in [7, 11) is 0. The van der Waals surface area contributed by atoms with Gasteiger partial charge in [-0.2, -0.15) is 10.5 Å². The first-order valence-electron chi connectivity index (χ1n) is 17.3. The van der Waals surface area contributed by atoms with Gasteiger partial charge < -0.3 is 16.9 Å². The van der Waals surface area contributed by atoms with Gasteiger partial charge in [0.25, 0.3) is 0 Å². The number of nitrogens with zero attached hydrogens (tertiary/aromatic N) is 3. The smallest absolute Gasteiger partial charge is 0.0994 e. The maximum atomic E-state index is 9.18. The quantitative estimate of drug-likeness (QED) is 0.116. The van der Waals surface area contributed by atoms with E-state index in [0.717, 1.165) is 66.8 Å². The van der Waals surface area contributed by atoms with Gasteiger partial charge in [-0.3, -0.25) is 10.4 Å². The molecule has 0 aliphatic heterocycles. The van der Waals surface area contributed by atoms with E-state index in [0.29, 0.717) is 33.8 Å². The maximum absolute atomic E-state index is 9.18. The van der Waals surface area contributed by atoms with E-state index < -0.39 is 0 Å². The van der Waals surface area contributed by atoms with Gasteiger partial charge in [0.2, 0.25) is 0 Å². The van der Waals surface area contributed by atoms with Gasteiger partial charge in [-0.15, -0.1) is 0 Å². The summed E-state index contributed by atoms with van der Waals surface area (Å²) in [4.78, 5) is 4.00. The Kier molecular flexibility index (Phi) is 12.1. The van der Waals surface area contributed by atoms with Gasteiger partial charge in [-0.1, -0.05) is 90.5 Å². The van der Waals surface area contributed by atoms with Gasteiger partial charge in [0.05, 0.1) is 29.0 Å². The lowest BCUT2D eigenvalue weighted by molar-refractivity contribution is 1.30. The minimum atomic E-state index is 0.415. The van der Waals surface area contributed by atoms with Gasteiger partial charge in [0, 0.05) is 52.3 Å². The molecule has 0 saturated carbocycles. The number of aryl methyl sites for hydroxylation is 1. The third kappa shape index (κ3) is 8.57. The zero-order valence-electron chi connectivity index (χ0n) is 30.8. The first kappa shape index (κ1) is 37.9. The lowest BCUT2D eigenvalue weighted by Gasteiger charge is -2.13. The fourth-order valence-electron chi connectivity index (χ4n) is 6.20. The minimum absolute atomic E-state index is 0.415.